The van der Waals surface area contributed by atoms with Crippen molar-refractivity contribution in [2.24, 2.45) is 5.92 Å². The Morgan fingerprint density at radius 2 is 2.17 bits per heavy atom. The molecule has 1 aromatic rings. The van der Waals surface area contributed by atoms with Gasteiger partial charge in [0, 0.05) is 13.0 Å². The highest BCUT2D eigenvalue weighted by Crippen LogP contribution is 2.24. The molecule has 1 unspecified atom stereocenters. The Kier molecular flexibility index (Phi) is 5.62. The molecule has 4 nitrogen and oxygen atoms in total. The highest BCUT2D eigenvalue weighted by molar-refractivity contribution is 5.76. The Hall–Kier alpha value is -1.46. The van der Waals surface area contributed by atoms with Crippen LogP contribution in [0.4, 0.5) is 4.39 Å². The van der Waals surface area contributed by atoms with Crippen molar-refractivity contribution in [3.05, 3.63) is 35.6 Å². The Morgan fingerprint density at radius 3 is 2.96 bits per heavy atom. The van der Waals surface area contributed by atoms with Crippen molar-refractivity contribution in [3.8, 4) is 0 Å². The maximum atomic E-state index is 13.4. The molecule has 0 saturated carbocycles. The number of benzene rings is 1. The van der Waals surface area contributed by atoms with Crippen LogP contribution in [0.3, 0.4) is 0 Å². The fourth-order valence-electron chi connectivity index (χ4n) is 3.44. The monoisotopic (exact) mass is 320 g/mol. The molecule has 0 radical (unpaired) electrons. The molecule has 126 valence electrons. The number of hydrogen-bond acceptors (Lipinski definition) is 3. The average Bonchev–Trinajstić information content (AvgIpc) is 2.61. The number of piperidine rings is 1. The number of carbonyl (C=O) groups is 1. The maximum Gasteiger partial charge on any atom is 0.222 e. The van der Waals surface area contributed by atoms with Gasteiger partial charge in [-0.25, -0.2) is 4.39 Å². The molecule has 0 aromatic heterocycles. The average molecular weight is 320 g/mol. The van der Waals surface area contributed by atoms with Crippen molar-refractivity contribution in [1.29, 1.82) is 0 Å². The van der Waals surface area contributed by atoms with Gasteiger partial charge in [0.1, 0.15) is 11.9 Å². The summed E-state index contributed by atoms with van der Waals surface area (Å²) in [6, 6.07) is 6.46. The zero-order valence-corrected chi connectivity index (χ0v) is 13.5. The molecule has 2 aliphatic heterocycles. The number of hydrogen-bond donors (Lipinski definition) is 1. The van der Waals surface area contributed by atoms with Gasteiger partial charge in [-0.3, -0.25) is 4.79 Å². The third kappa shape index (κ3) is 4.52. The number of morpholine rings is 1. The number of nitrogens with one attached hydrogen (secondary N) is 1. The lowest BCUT2D eigenvalue weighted by Crippen LogP contribution is -2.42. The molecule has 23 heavy (non-hydrogen) atoms. The summed E-state index contributed by atoms with van der Waals surface area (Å²) in [6.45, 7) is 3.81. The molecule has 0 bridgehead atoms. The van der Waals surface area contributed by atoms with Gasteiger partial charge < -0.3 is 15.0 Å². The van der Waals surface area contributed by atoms with Crippen LogP contribution >= 0.6 is 0 Å². The number of rotatable bonds is 4. The minimum Gasteiger partial charge on any atom is -0.370 e. The lowest BCUT2D eigenvalue weighted by molar-refractivity contribution is -0.139. The molecule has 0 spiro atoms. The second-order valence-electron chi connectivity index (χ2n) is 6.49. The van der Waals surface area contributed by atoms with E-state index in [1.54, 1.807) is 6.07 Å². The van der Waals surface area contributed by atoms with E-state index in [1.165, 1.54) is 25.0 Å². The van der Waals surface area contributed by atoms with E-state index in [0.29, 0.717) is 32.0 Å². The van der Waals surface area contributed by atoms with E-state index in [0.717, 1.165) is 25.1 Å². The first-order valence-corrected chi connectivity index (χ1v) is 8.58. The predicted octanol–water partition coefficient (Wildman–Crippen LogP) is 2.51. The minimum atomic E-state index is -0.263. The molecule has 1 aromatic carbocycles. The summed E-state index contributed by atoms with van der Waals surface area (Å²) in [6.07, 6.45) is 3.70. The minimum absolute atomic E-state index is 0.202. The van der Waals surface area contributed by atoms with E-state index in [4.69, 9.17) is 4.74 Å². The summed E-state index contributed by atoms with van der Waals surface area (Å²) in [5.41, 5.74) is 0.806. The first-order valence-electron chi connectivity index (χ1n) is 8.58. The van der Waals surface area contributed by atoms with Gasteiger partial charge >= 0.3 is 0 Å². The maximum absolute atomic E-state index is 13.4. The third-order valence-corrected chi connectivity index (χ3v) is 4.86. The Labute approximate surface area is 137 Å². The van der Waals surface area contributed by atoms with E-state index < -0.39 is 0 Å². The summed E-state index contributed by atoms with van der Waals surface area (Å²) >= 11 is 0. The van der Waals surface area contributed by atoms with E-state index >= 15 is 0 Å². The van der Waals surface area contributed by atoms with Crippen LogP contribution in [0.1, 0.15) is 37.4 Å². The molecule has 1 N–H and O–H groups in total. The van der Waals surface area contributed by atoms with Gasteiger partial charge in [0.2, 0.25) is 5.91 Å². The molecule has 1 atom stereocenters. The van der Waals surface area contributed by atoms with Gasteiger partial charge in [0.25, 0.3) is 0 Å². The largest absolute Gasteiger partial charge is 0.370 e. The zero-order valence-electron chi connectivity index (χ0n) is 13.5. The van der Waals surface area contributed by atoms with Crippen molar-refractivity contribution >= 4 is 5.91 Å². The highest BCUT2D eigenvalue weighted by atomic mass is 19.1. The normalized spacial score (nSPS) is 23.0. The van der Waals surface area contributed by atoms with Crippen LogP contribution in [0.5, 0.6) is 0 Å². The molecule has 5 heteroatoms. The van der Waals surface area contributed by atoms with Crippen LogP contribution in [0.15, 0.2) is 24.3 Å². The summed E-state index contributed by atoms with van der Waals surface area (Å²) in [5.74, 6) is 0.606. The first kappa shape index (κ1) is 16.4. The predicted molar refractivity (Wildman–Crippen MR) is 86.5 cm³/mol. The molecule has 2 aliphatic rings. The summed E-state index contributed by atoms with van der Waals surface area (Å²) in [7, 11) is 0. The van der Waals surface area contributed by atoms with Crippen LogP contribution in [0.25, 0.3) is 0 Å². The van der Waals surface area contributed by atoms with E-state index in [9.17, 15) is 9.18 Å². The lowest BCUT2D eigenvalue weighted by Gasteiger charge is -2.33. The summed E-state index contributed by atoms with van der Waals surface area (Å²) in [4.78, 5) is 14.3. The second kappa shape index (κ2) is 7.88. The van der Waals surface area contributed by atoms with Crippen molar-refractivity contribution in [3.63, 3.8) is 0 Å². The molecule has 3 rings (SSSR count). The molecule has 0 aliphatic carbocycles. The Bertz CT molecular complexity index is 532. The van der Waals surface area contributed by atoms with Crippen LogP contribution in [0.2, 0.25) is 0 Å². The van der Waals surface area contributed by atoms with E-state index in [-0.39, 0.29) is 17.8 Å². The summed E-state index contributed by atoms with van der Waals surface area (Å²) in [5, 5.41) is 3.35. The van der Waals surface area contributed by atoms with Crippen molar-refractivity contribution in [1.82, 2.24) is 10.2 Å². The van der Waals surface area contributed by atoms with Gasteiger partial charge in [-0.2, -0.15) is 0 Å². The van der Waals surface area contributed by atoms with Crippen molar-refractivity contribution in [2.45, 2.75) is 31.8 Å². The number of halogens is 1. The quantitative estimate of drug-likeness (QED) is 0.927. The number of amides is 1. The molecule has 2 saturated heterocycles. The van der Waals surface area contributed by atoms with Crippen LogP contribution in [-0.4, -0.2) is 43.6 Å². The van der Waals surface area contributed by atoms with Crippen LogP contribution in [-0.2, 0) is 9.53 Å². The molecule has 1 amide bonds. The third-order valence-electron chi connectivity index (χ3n) is 4.86. The number of carbonyl (C=O) groups excluding carboxylic acids is 1. The van der Waals surface area contributed by atoms with E-state index in [2.05, 4.69) is 5.32 Å². The highest BCUT2D eigenvalue weighted by Gasteiger charge is 2.26. The van der Waals surface area contributed by atoms with Crippen LogP contribution in [0, 0.1) is 11.7 Å². The molecular weight excluding hydrogens is 295 g/mol. The Morgan fingerprint density at radius 1 is 1.35 bits per heavy atom. The van der Waals surface area contributed by atoms with Gasteiger partial charge in [-0.1, -0.05) is 12.1 Å². The van der Waals surface area contributed by atoms with E-state index in [1.807, 2.05) is 11.0 Å². The standard InChI is InChI=1S/C18H25FN2O2/c19-16-3-1-2-15(12-16)17-13-21(10-11-23-17)18(22)5-4-14-6-8-20-9-7-14/h1-3,12,14,17,20H,4-11,13H2. The SMILES string of the molecule is O=C(CCC1CCNCC1)N1CCOC(c2cccc(F)c2)C1. The topological polar surface area (TPSA) is 41.6 Å². The molecular formula is C18H25FN2O2. The zero-order chi connectivity index (χ0) is 16.1. The van der Waals surface area contributed by atoms with Crippen molar-refractivity contribution < 1.29 is 13.9 Å². The smallest absolute Gasteiger partial charge is 0.222 e. The van der Waals surface area contributed by atoms with Crippen molar-refractivity contribution in [2.75, 3.05) is 32.8 Å². The van der Waals surface area contributed by atoms with Crippen LogP contribution < -0.4 is 5.32 Å². The van der Waals surface area contributed by atoms with Gasteiger partial charge in [-0.05, 0) is 56.0 Å². The molecule has 2 heterocycles. The second-order valence-corrected chi connectivity index (χ2v) is 6.49. The van der Waals surface area contributed by atoms with Gasteiger partial charge in [-0.15, -0.1) is 0 Å². The van der Waals surface area contributed by atoms with Gasteiger partial charge in [0.15, 0.2) is 0 Å². The fourth-order valence-corrected chi connectivity index (χ4v) is 3.44. The summed E-state index contributed by atoms with van der Waals surface area (Å²) < 4.78 is 19.1. The number of ether oxygens (including phenoxy) is 1. The fraction of sp³-hybridized carbons (Fsp3) is 0.611. The Balaban J connectivity index is 1.52. The lowest BCUT2D eigenvalue weighted by atomic mass is 9.93. The molecule has 2 fully saturated rings. The number of nitrogens with zero attached hydrogens (tertiary/aromatic N) is 1. The first-order chi connectivity index (χ1) is 11.2. The van der Waals surface area contributed by atoms with Gasteiger partial charge in [0.05, 0.1) is 13.2 Å².